The second-order valence-electron chi connectivity index (χ2n) is 10.8. The van der Waals surface area contributed by atoms with Crippen LogP contribution in [-0.2, 0) is 4.79 Å². The number of para-hydroxylation sites is 1. The molecule has 5 aromatic rings. The second-order valence-corrected chi connectivity index (χ2v) is 10.8. The molecule has 2 aromatic heterocycles. The van der Waals surface area contributed by atoms with Gasteiger partial charge in [0.25, 0.3) is 0 Å². The normalized spacial score (nSPS) is 12.6. The molecule has 0 radical (unpaired) electrons. The average molecular weight is 582 g/mol. The van der Waals surface area contributed by atoms with Crippen LogP contribution in [0.1, 0.15) is 46.5 Å². The van der Waals surface area contributed by atoms with Crippen molar-refractivity contribution in [2.75, 3.05) is 32.6 Å². The van der Waals surface area contributed by atoms with E-state index >= 15 is 0 Å². The monoisotopic (exact) mass is 581 g/mol. The molecular formula is C34H35N3O6. The lowest BCUT2D eigenvalue weighted by Gasteiger charge is -2.22. The number of phenols is 1. The summed E-state index contributed by atoms with van der Waals surface area (Å²) >= 11 is 0. The summed E-state index contributed by atoms with van der Waals surface area (Å²) in [6, 6.07) is 22.1. The van der Waals surface area contributed by atoms with Gasteiger partial charge in [0, 0.05) is 61.8 Å². The summed E-state index contributed by atoms with van der Waals surface area (Å²) in [5.74, 6) is -1.47. The second kappa shape index (κ2) is 12.4. The number of hydrogen-bond donors (Lipinski definition) is 4. The molecule has 3 aromatic carbocycles. The van der Waals surface area contributed by atoms with Gasteiger partial charge in [0.1, 0.15) is 5.76 Å². The van der Waals surface area contributed by atoms with E-state index in [1.54, 1.807) is 19.1 Å². The van der Waals surface area contributed by atoms with Crippen molar-refractivity contribution in [2.45, 2.75) is 25.2 Å². The van der Waals surface area contributed by atoms with E-state index in [1.165, 1.54) is 19.2 Å². The summed E-state index contributed by atoms with van der Waals surface area (Å²) in [7, 11) is 5.39. The number of carbonyl (C=O) groups is 1. The lowest BCUT2D eigenvalue weighted by molar-refractivity contribution is -0.121. The molecule has 2 atom stereocenters. The van der Waals surface area contributed by atoms with Gasteiger partial charge in [-0.3, -0.25) is 9.59 Å². The highest BCUT2D eigenvalue weighted by Gasteiger charge is 2.28. The fourth-order valence-electron chi connectivity index (χ4n) is 5.40. The predicted molar refractivity (Wildman–Crippen MR) is 166 cm³/mol. The molecule has 5 rings (SSSR count). The van der Waals surface area contributed by atoms with Crippen LogP contribution in [0.4, 0.5) is 5.69 Å². The number of phenolic OH excluding ortho intramolecular Hbond substituents is 1. The minimum absolute atomic E-state index is 0.0275. The van der Waals surface area contributed by atoms with Crippen LogP contribution in [-0.4, -0.2) is 48.9 Å². The van der Waals surface area contributed by atoms with Crippen molar-refractivity contribution in [1.82, 2.24) is 10.3 Å². The Morgan fingerprint density at radius 3 is 2.44 bits per heavy atom. The number of methoxy groups -OCH3 is 1. The van der Waals surface area contributed by atoms with Gasteiger partial charge >= 0.3 is 0 Å². The molecule has 0 saturated heterocycles. The summed E-state index contributed by atoms with van der Waals surface area (Å²) < 4.78 is 11.1. The van der Waals surface area contributed by atoms with Gasteiger partial charge in [0.05, 0.1) is 13.0 Å². The molecule has 9 heteroatoms. The van der Waals surface area contributed by atoms with E-state index in [0.29, 0.717) is 17.9 Å². The third-order valence-corrected chi connectivity index (χ3v) is 7.70. The SMILES string of the molecule is COc1cc([C@H](CC(=O)NC[C@@H](c2ccc(N(C)C)cc2)c2c[nH]c3ccccc23)c2oc(C)cc(=O)c2O)ccc1O. The highest BCUT2D eigenvalue weighted by Crippen LogP contribution is 2.37. The Morgan fingerprint density at radius 2 is 1.72 bits per heavy atom. The molecule has 9 nitrogen and oxygen atoms in total. The number of aromatic amines is 1. The summed E-state index contributed by atoms with van der Waals surface area (Å²) in [6.07, 6.45) is 1.85. The molecule has 0 aliphatic carbocycles. The first-order valence-electron chi connectivity index (χ1n) is 14.0. The number of hydrogen-bond acceptors (Lipinski definition) is 7. The summed E-state index contributed by atoms with van der Waals surface area (Å²) in [4.78, 5) is 31.4. The van der Waals surface area contributed by atoms with Crippen molar-refractivity contribution >= 4 is 22.5 Å². The third kappa shape index (κ3) is 6.21. The first-order valence-corrected chi connectivity index (χ1v) is 14.0. The molecule has 0 bridgehead atoms. The highest BCUT2D eigenvalue weighted by molar-refractivity contribution is 5.84. The first-order chi connectivity index (χ1) is 20.7. The van der Waals surface area contributed by atoms with E-state index in [0.717, 1.165) is 27.7 Å². The van der Waals surface area contributed by atoms with Gasteiger partial charge < -0.3 is 34.6 Å². The van der Waals surface area contributed by atoms with E-state index in [2.05, 4.69) is 40.6 Å². The van der Waals surface area contributed by atoms with Gasteiger partial charge in [-0.25, -0.2) is 0 Å². The number of aromatic nitrogens is 1. The molecule has 0 aliphatic heterocycles. The first kappa shape index (κ1) is 29.3. The summed E-state index contributed by atoms with van der Waals surface area (Å²) in [6.45, 7) is 1.91. The summed E-state index contributed by atoms with van der Waals surface area (Å²) in [5.41, 5.74) is 4.09. The fourth-order valence-corrected chi connectivity index (χ4v) is 5.40. The molecule has 0 fully saturated rings. The average Bonchev–Trinajstić information content (AvgIpc) is 3.42. The van der Waals surface area contributed by atoms with Crippen molar-refractivity contribution < 1.29 is 24.2 Å². The molecule has 222 valence electrons. The van der Waals surface area contributed by atoms with E-state index in [-0.39, 0.29) is 35.5 Å². The molecule has 0 saturated carbocycles. The van der Waals surface area contributed by atoms with Gasteiger partial charge in [-0.05, 0) is 53.9 Å². The van der Waals surface area contributed by atoms with Crippen molar-refractivity contribution in [1.29, 1.82) is 0 Å². The van der Waals surface area contributed by atoms with Crippen molar-refractivity contribution in [2.24, 2.45) is 0 Å². The molecule has 0 aliphatic rings. The number of carbonyl (C=O) groups excluding carboxylic acids is 1. The number of aryl methyl sites for hydroxylation is 1. The van der Waals surface area contributed by atoms with Crippen molar-refractivity contribution in [3.63, 3.8) is 0 Å². The largest absolute Gasteiger partial charge is 0.504 e. The van der Waals surface area contributed by atoms with Crippen LogP contribution in [0.3, 0.4) is 0 Å². The van der Waals surface area contributed by atoms with E-state index in [4.69, 9.17) is 9.15 Å². The zero-order valence-electron chi connectivity index (χ0n) is 24.5. The molecule has 4 N–H and O–H groups in total. The highest BCUT2D eigenvalue weighted by atomic mass is 16.5. The Hall–Kier alpha value is -5.18. The Balaban J connectivity index is 1.47. The van der Waals surface area contributed by atoms with E-state index < -0.39 is 17.1 Å². The molecule has 43 heavy (non-hydrogen) atoms. The number of aromatic hydroxyl groups is 2. The van der Waals surface area contributed by atoms with Crippen LogP contribution in [0.25, 0.3) is 10.9 Å². The van der Waals surface area contributed by atoms with Gasteiger partial charge in [-0.1, -0.05) is 36.4 Å². The van der Waals surface area contributed by atoms with Crippen LogP contribution in [0.5, 0.6) is 17.2 Å². The van der Waals surface area contributed by atoms with E-state index in [1.807, 2.05) is 43.4 Å². The van der Waals surface area contributed by atoms with E-state index in [9.17, 15) is 19.8 Å². The van der Waals surface area contributed by atoms with Crippen LogP contribution in [0, 0.1) is 6.92 Å². The number of nitrogens with one attached hydrogen (secondary N) is 2. The standard InChI is InChI=1S/C34H35N3O6/c1-20-15-30(39)33(41)34(43-20)25(22-11-14-29(38)31(16-22)42-4)17-32(40)36-18-26(21-9-12-23(13-10-21)37(2)3)27-19-35-28-8-6-5-7-24(27)28/h5-16,19,25-26,35,38,41H,17-18H2,1-4H3,(H,36,40)/t25-,26-/m0/s1. The molecule has 0 spiro atoms. The lowest BCUT2D eigenvalue weighted by atomic mass is 9.89. The zero-order valence-corrected chi connectivity index (χ0v) is 24.5. The number of nitrogens with zero attached hydrogens (tertiary/aromatic N) is 1. The Morgan fingerprint density at radius 1 is 1.00 bits per heavy atom. The number of fused-ring (bicyclic) bond motifs is 1. The Labute approximate surface area is 249 Å². The predicted octanol–water partition coefficient (Wildman–Crippen LogP) is 5.39. The number of ether oxygens (including phenoxy) is 1. The Kier molecular flexibility index (Phi) is 8.43. The molecule has 0 unspecified atom stereocenters. The molecule has 1 amide bonds. The van der Waals surface area contributed by atoms with Crippen LogP contribution < -0.4 is 20.4 Å². The Bertz CT molecular complexity index is 1810. The van der Waals surface area contributed by atoms with Crippen molar-refractivity contribution in [3.8, 4) is 17.2 Å². The number of rotatable bonds is 10. The zero-order chi connectivity index (χ0) is 30.7. The number of H-pyrrole nitrogens is 1. The number of amides is 1. The fraction of sp³-hybridized carbons (Fsp3) is 0.235. The maximum Gasteiger partial charge on any atom is 0.227 e. The minimum Gasteiger partial charge on any atom is -0.504 e. The number of benzene rings is 3. The molecular weight excluding hydrogens is 546 g/mol. The topological polar surface area (TPSA) is 128 Å². The third-order valence-electron chi connectivity index (χ3n) is 7.70. The maximum atomic E-state index is 13.6. The van der Waals surface area contributed by atoms with Gasteiger partial charge in [0.2, 0.25) is 17.1 Å². The maximum absolute atomic E-state index is 13.6. The van der Waals surface area contributed by atoms with Gasteiger partial charge in [-0.2, -0.15) is 0 Å². The summed E-state index contributed by atoms with van der Waals surface area (Å²) in [5, 5.41) is 25.0. The van der Waals surface area contributed by atoms with Crippen molar-refractivity contribution in [3.05, 3.63) is 117 Å². The quantitative estimate of drug-likeness (QED) is 0.174. The van der Waals surface area contributed by atoms with Gasteiger partial charge in [-0.15, -0.1) is 0 Å². The molecule has 2 heterocycles. The van der Waals surface area contributed by atoms with Crippen LogP contribution in [0.15, 0.2) is 88.2 Å². The van der Waals surface area contributed by atoms with Crippen LogP contribution in [0.2, 0.25) is 0 Å². The van der Waals surface area contributed by atoms with Gasteiger partial charge in [0.15, 0.2) is 17.3 Å². The van der Waals surface area contributed by atoms with Crippen LogP contribution >= 0.6 is 0 Å². The number of anilines is 1. The minimum atomic E-state index is -0.826. The smallest absolute Gasteiger partial charge is 0.227 e. The lowest BCUT2D eigenvalue weighted by Crippen LogP contribution is -2.30.